The zero-order valence-electron chi connectivity index (χ0n) is 23.9. The van der Waals surface area contributed by atoms with Crippen LogP contribution < -0.4 is 5.32 Å². The molecular formula is C38H31N3O3. The number of ether oxygens (including phenoxy) is 1. The van der Waals surface area contributed by atoms with Gasteiger partial charge in [0, 0.05) is 34.9 Å². The summed E-state index contributed by atoms with van der Waals surface area (Å²) < 4.78 is 5.62. The Hall–Kier alpha value is -5.42. The minimum Gasteiger partial charge on any atom is -0.394 e. The molecule has 4 N–H and O–H groups in total. The standard InChI is InChI=1S/C38H31N3O3/c1-4-26-7-15-30(16-8-26)38(31-17-9-27(5-2)10-18-31,32-19-11-28(6-3)12-20-32)33-21-13-29(14-22-33)34(41-39)24-40-37-23-35(43)36(25-42)44-37/h1-3,7-22,24,35-37,39-40,42-43H,23,25H2/b34-24-,41-39?/t35?,36-,37-/m1/s1. The topological polar surface area (TPSA) is 97.9 Å². The highest BCUT2D eigenvalue weighted by atomic mass is 16.5. The SMILES string of the molecule is C#Cc1ccc(C(c2ccc(C#C)cc2)(c2ccc(C#C)cc2)c2ccc(/C(=C/N[C@H]3CC(O)[C@@H](CO)O3)N=N)cc2)cc1. The zero-order chi connectivity index (χ0) is 31.1. The highest BCUT2D eigenvalue weighted by Crippen LogP contribution is 2.45. The van der Waals surface area contributed by atoms with Crippen molar-refractivity contribution in [1.82, 2.24) is 5.32 Å². The Bertz CT molecular complexity index is 1630. The Morgan fingerprint density at radius 3 is 1.55 bits per heavy atom. The van der Waals surface area contributed by atoms with Crippen molar-refractivity contribution < 1.29 is 14.9 Å². The number of hydrogen-bond acceptors (Lipinski definition) is 6. The van der Waals surface area contributed by atoms with Gasteiger partial charge in [0.25, 0.3) is 0 Å². The fourth-order valence-electron chi connectivity index (χ4n) is 5.69. The number of benzene rings is 4. The van der Waals surface area contributed by atoms with Gasteiger partial charge in [0.2, 0.25) is 0 Å². The molecule has 0 amide bonds. The Morgan fingerprint density at radius 2 is 1.20 bits per heavy atom. The van der Waals surface area contributed by atoms with E-state index in [2.05, 4.69) is 28.2 Å². The van der Waals surface area contributed by atoms with Crippen LogP contribution in [0.3, 0.4) is 0 Å². The van der Waals surface area contributed by atoms with Crippen molar-refractivity contribution in [1.29, 1.82) is 5.53 Å². The monoisotopic (exact) mass is 577 g/mol. The van der Waals surface area contributed by atoms with Crippen LogP contribution in [0.5, 0.6) is 0 Å². The Labute approximate surface area is 258 Å². The molecule has 6 nitrogen and oxygen atoms in total. The lowest BCUT2D eigenvalue weighted by molar-refractivity contribution is -0.0270. The van der Waals surface area contributed by atoms with Crippen molar-refractivity contribution in [3.05, 3.63) is 148 Å². The van der Waals surface area contributed by atoms with Crippen molar-refractivity contribution in [3.63, 3.8) is 0 Å². The first kappa shape index (κ1) is 30.1. The fraction of sp³-hybridized carbons (Fsp3) is 0.158. The lowest BCUT2D eigenvalue weighted by atomic mass is 9.65. The molecule has 1 unspecified atom stereocenters. The van der Waals surface area contributed by atoms with Gasteiger partial charge in [-0.15, -0.1) is 19.3 Å². The number of aliphatic hydroxyl groups excluding tert-OH is 2. The first-order valence-electron chi connectivity index (χ1n) is 14.1. The van der Waals surface area contributed by atoms with Gasteiger partial charge in [0.05, 0.1) is 18.1 Å². The minimum atomic E-state index is -0.778. The van der Waals surface area contributed by atoms with Crippen molar-refractivity contribution in [2.24, 2.45) is 5.11 Å². The number of hydrogen-bond donors (Lipinski definition) is 4. The lowest BCUT2D eigenvalue weighted by Gasteiger charge is -2.37. The Kier molecular flexibility index (Phi) is 9.06. The predicted molar refractivity (Wildman–Crippen MR) is 171 cm³/mol. The Balaban J connectivity index is 1.64. The van der Waals surface area contributed by atoms with Gasteiger partial charge in [0.1, 0.15) is 18.0 Å². The van der Waals surface area contributed by atoms with Crippen LogP contribution in [0, 0.1) is 42.6 Å². The molecule has 216 valence electrons. The van der Waals surface area contributed by atoms with E-state index in [1.54, 1.807) is 6.20 Å². The summed E-state index contributed by atoms with van der Waals surface area (Å²) in [6.45, 7) is -0.273. The molecule has 3 atom stereocenters. The average Bonchev–Trinajstić information content (AvgIpc) is 3.45. The van der Waals surface area contributed by atoms with Gasteiger partial charge >= 0.3 is 0 Å². The van der Waals surface area contributed by atoms with E-state index in [0.29, 0.717) is 17.7 Å². The van der Waals surface area contributed by atoms with Crippen molar-refractivity contribution in [3.8, 4) is 37.0 Å². The lowest BCUT2D eigenvalue weighted by Crippen LogP contribution is -2.31. The molecule has 4 aromatic rings. The number of aliphatic hydroxyl groups is 2. The maximum absolute atomic E-state index is 10.0. The number of nitrogens with one attached hydrogen (secondary N) is 2. The third kappa shape index (κ3) is 5.77. The van der Waals surface area contributed by atoms with Gasteiger partial charge in [-0.25, -0.2) is 5.53 Å². The fourth-order valence-corrected chi connectivity index (χ4v) is 5.69. The second-order valence-corrected chi connectivity index (χ2v) is 10.4. The smallest absolute Gasteiger partial charge is 0.130 e. The third-order valence-electron chi connectivity index (χ3n) is 8.00. The van der Waals surface area contributed by atoms with Crippen LogP contribution in [0.1, 0.15) is 50.9 Å². The van der Waals surface area contributed by atoms with E-state index in [1.165, 1.54) is 0 Å². The van der Waals surface area contributed by atoms with Gasteiger partial charge in [-0.05, 0) is 58.7 Å². The molecule has 1 aliphatic heterocycles. The third-order valence-corrected chi connectivity index (χ3v) is 8.00. The molecule has 0 spiro atoms. The van der Waals surface area contributed by atoms with E-state index >= 15 is 0 Å². The molecule has 5 rings (SSSR count). The maximum Gasteiger partial charge on any atom is 0.130 e. The summed E-state index contributed by atoms with van der Waals surface area (Å²) in [4.78, 5) is 0. The highest BCUT2D eigenvalue weighted by molar-refractivity contribution is 5.67. The second kappa shape index (κ2) is 13.3. The molecule has 0 aliphatic carbocycles. The molecule has 1 saturated heterocycles. The van der Waals surface area contributed by atoms with E-state index in [-0.39, 0.29) is 6.61 Å². The predicted octanol–water partition coefficient (Wildman–Crippen LogP) is 5.40. The summed E-state index contributed by atoms with van der Waals surface area (Å²) in [5.74, 6) is 8.11. The molecule has 1 fully saturated rings. The van der Waals surface area contributed by atoms with Gasteiger partial charge in [-0.3, -0.25) is 0 Å². The van der Waals surface area contributed by atoms with Crippen LogP contribution in [0.25, 0.3) is 5.70 Å². The Morgan fingerprint density at radius 1 is 0.795 bits per heavy atom. The molecule has 0 aromatic heterocycles. The molecule has 0 radical (unpaired) electrons. The molecule has 44 heavy (non-hydrogen) atoms. The summed E-state index contributed by atoms with van der Waals surface area (Å²) in [7, 11) is 0. The summed E-state index contributed by atoms with van der Waals surface area (Å²) in [5.41, 5.74) is 14.4. The quantitative estimate of drug-likeness (QED) is 0.122. The number of terminal acetylenes is 3. The first-order valence-corrected chi connectivity index (χ1v) is 14.1. The summed E-state index contributed by atoms with van der Waals surface area (Å²) in [6.07, 6.45) is 17.1. The normalized spacial score (nSPS) is 18.1. The summed E-state index contributed by atoms with van der Waals surface area (Å²) >= 11 is 0. The molecule has 0 bridgehead atoms. The zero-order valence-corrected chi connectivity index (χ0v) is 23.9. The molecular weight excluding hydrogens is 546 g/mol. The van der Waals surface area contributed by atoms with E-state index in [4.69, 9.17) is 29.5 Å². The van der Waals surface area contributed by atoms with Crippen LogP contribution in [0.15, 0.2) is 108 Å². The van der Waals surface area contributed by atoms with Gasteiger partial charge in [0.15, 0.2) is 0 Å². The van der Waals surface area contributed by atoms with Crippen LogP contribution in [-0.4, -0.2) is 35.3 Å². The van der Waals surface area contributed by atoms with E-state index in [0.717, 1.165) is 38.9 Å². The molecule has 0 saturated carbocycles. The van der Waals surface area contributed by atoms with Crippen LogP contribution in [0.4, 0.5) is 0 Å². The van der Waals surface area contributed by atoms with E-state index < -0.39 is 23.9 Å². The molecule has 6 heteroatoms. The van der Waals surface area contributed by atoms with Crippen molar-refractivity contribution >= 4 is 5.70 Å². The second-order valence-electron chi connectivity index (χ2n) is 10.4. The van der Waals surface area contributed by atoms with Crippen molar-refractivity contribution in [2.45, 2.75) is 30.3 Å². The molecule has 4 aromatic carbocycles. The minimum absolute atomic E-state index is 0.273. The molecule has 1 aliphatic rings. The highest BCUT2D eigenvalue weighted by Gasteiger charge is 2.38. The average molecular weight is 578 g/mol. The number of rotatable bonds is 9. The van der Waals surface area contributed by atoms with Crippen LogP contribution in [-0.2, 0) is 10.2 Å². The van der Waals surface area contributed by atoms with Gasteiger partial charge < -0.3 is 20.3 Å². The van der Waals surface area contributed by atoms with E-state index in [9.17, 15) is 10.2 Å². The summed E-state index contributed by atoms with van der Waals surface area (Å²) in [5, 5.41) is 26.2. The first-order chi connectivity index (χ1) is 21.5. The van der Waals surface area contributed by atoms with E-state index in [1.807, 2.05) is 97.1 Å². The van der Waals surface area contributed by atoms with Crippen LogP contribution in [0.2, 0.25) is 0 Å². The summed E-state index contributed by atoms with van der Waals surface area (Å²) in [6, 6.07) is 31.7. The largest absolute Gasteiger partial charge is 0.394 e. The van der Waals surface area contributed by atoms with Gasteiger partial charge in [-0.1, -0.05) is 78.4 Å². The van der Waals surface area contributed by atoms with Crippen molar-refractivity contribution in [2.75, 3.05) is 6.61 Å². The van der Waals surface area contributed by atoms with Gasteiger partial charge in [-0.2, -0.15) is 5.11 Å². The molecule has 1 heterocycles. The maximum atomic E-state index is 10.0. The number of nitrogens with zero attached hydrogens (tertiary/aromatic N) is 1. The van der Waals surface area contributed by atoms with Crippen LogP contribution >= 0.6 is 0 Å².